The standard InChI is InChI=1S/C10H19F2N/c1-7-4-5-10(13-3,9(11)12)8(2)6-7/h7-9,13H,4-6H2,1-3H3. The van der Waals surface area contributed by atoms with Crippen molar-refractivity contribution in [3.05, 3.63) is 0 Å². The molecular formula is C10H19F2N. The molecule has 1 aliphatic rings. The van der Waals surface area contributed by atoms with E-state index in [1.54, 1.807) is 7.05 Å². The highest BCUT2D eigenvalue weighted by Gasteiger charge is 2.46. The Morgan fingerprint density at radius 2 is 2.00 bits per heavy atom. The molecule has 1 N–H and O–H groups in total. The van der Waals surface area contributed by atoms with Crippen molar-refractivity contribution >= 4 is 0 Å². The van der Waals surface area contributed by atoms with Crippen LogP contribution < -0.4 is 5.32 Å². The third-order valence-corrected chi connectivity index (χ3v) is 3.54. The van der Waals surface area contributed by atoms with Crippen molar-refractivity contribution in [2.45, 2.75) is 45.1 Å². The highest BCUT2D eigenvalue weighted by Crippen LogP contribution is 2.40. The van der Waals surface area contributed by atoms with E-state index in [1.807, 2.05) is 6.92 Å². The van der Waals surface area contributed by atoms with Crippen molar-refractivity contribution in [2.75, 3.05) is 7.05 Å². The summed E-state index contributed by atoms with van der Waals surface area (Å²) >= 11 is 0. The van der Waals surface area contributed by atoms with E-state index in [9.17, 15) is 8.78 Å². The van der Waals surface area contributed by atoms with Gasteiger partial charge >= 0.3 is 0 Å². The molecule has 3 unspecified atom stereocenters. The predicted molar refractivity (Wildman–Crippen MR) is 50.0 cm³/mol. The third kappa shape index (κ3) is 1.85. The Kier molecular flexibility index (Phi) is 3.28. The van der Waals surface area contributed by atoms with Crippen LogP contribution in [0.1, 0.15) is 33.1 Å². The van der Waals surface area contributed by atoms with Gasteiger partial charge < -0.3 is 5.32 Å². The smallest absolute Gasteiger partial charge is 0.256 e. The Hall–Kier alpha value is -0.180. The van der Waals surface area contributed by atoms with Crippen LogP contribution in [0.3, 0.4) is 0 Å². The Bertz CT molecular complexity index is 172. The molecule has 3 heteroatoms. The Labute approximate surface area is 78.9 Å². The first-order valence-corrected chi connectivity index (χ1v) is 5.00. The molecule has 0 radical (unpaired) electrons. The lowest BCUT2D eigenvalue weighted by Gasteiger charge is -2.44. The van der Waals surface area contributed by atoms with Gasteiger partial charge in [-0.25, -0.2) is 8.78 Å². The van der Waals surface area contributed by atoms with Gasteiger partial charge in [0.15, 0.2) is 0 Å². The van der Waals surface area contributed by atoms with Gasteiger partial charge in [0.2, 0.25) is 0 Å². The second-order valence-corrected chi connectivity index (χ2v) is 4.37. The summed E-state index contributed by atoms with van der Waals surface area (Å²) in [6.45, 7) is 4.07. The first kappa shape index (κ1) is 10.9. The number of hydrogen-bond donors (Lipinski definition) is 1. The van der Waals surface area contributed by atoms with E-state index in [2.05, 4.69) is 12.2 Å². The van der Waals surface area contributed by atoms with Crippen LogP contribution in [0.4, 0.5) is 8.78 Å². The Morgan fingerprint density at radius 3 is 2.38 bits per heavy atom. The average Bonchev–Trinajstić information content (AvgIpc) is 2.04. The van der Waals surface area contributed by atoms with Crippen LogP contribution >= 0.6 is 0 Å². The maximum atomic E-state index is 12.9. The summed E-state index contributed by atoms with van der Waals surface area (Å²) in [5.74, 6) is 0.663. The fourth-order valence-corrected chi connectivity index (χ4v) is 2.47. The highest BCUT2D eigenvalue weighted by atomic mass is 19.3. The van der Waals surface area contributed by atoms with Crippen molar-refractivity contribution < 1.29 is 8.78 Å². The highest BCUT2D eigenvalue weighted by molar-refractivity contribution is 4.97. The largest absolute Gasteiger partial charge is 0.309 e. The van der Waals surface area contributed by atoms with Crippen LogP contribution in [0.15, 0.2) is 0 Å². The van der Waals surface area contributed by atoms with E-state index < -0.39 is 12.0 Å². The predicted octanol–water partition coefficient (Wildman–Crippen LogP) is 2.67. The zero-order chi connectivity index (χ0) is 10.1. The molecule has 0 aromatic carbocycles. The molecular weight excluding hydrogens is 172 g/mol. The molecule has 78 valence electrons. The van der Waals surface area contributed by atoms with E-state index >= 15 is 0 Å². The van der Waals surface area contributed by atoms with E-state index in [0.29, 0.717) is 12.3 Å². The molecule has 1 fully saturated rings. The van der Waals surface area contributed by atoms with Crippen LogP contribution in [0.25, 0.3) is 0 Å². The number of halogens is 2. The molecule has 0 amide bonds. The maximum Gasteiger partial charge on any atom is 0.256 e. The normalized spacial score (nSPS) is 41.1. The van der Waals surface area contributed by atoms with E-state index in [1.165, 1.54) is 0 Å². The second-order valence-electron chi connectivity index (χ2n) is 4.37. The number of alkyl halides is 2. The minimum atomic E-state index is -2.25. The molecule has 1 rings (SSSR count). The number of hydrogen-bond acceptors (Lipinski definition) is 1. The lowest BCUT2D eigenvalue weighted by atomic mass is 9.70. The first-order valence-electron chi connectivity index (χ1n) is 5.00. The second kappa shape index (κ2) is 3.91. The van der Waals surface area contributed by atoms with Crippen LogP contribution in [0.2, 0.25) is 0 Å². The van der Waals surface area contributed by atoms with Crippen LogP contribution in [0, 0.1) is 11.8 Å². The van der Waals surface area contributed by atoms with Gasteiger partial charge in [-0.15, -0.1) is 0 Å². The molecule has 1 nitrogen and oxygen atoms in total. The summed E-state index contributed by atoms with van der Waals surface area (Å²) in [5, 5.41) is 2.84. The number of rotatable bonds is 2. The van der Waals surface area contributed by atoms with Crippen LogP contribution in [-0.4, -0.2) is 19.0 Å². The summed E-state index contributed by atoms with van der Waals surface area (Å²) in [6, 6.07) is 0. The molecule has 0 spiro atoms. The Morgan fingerprint density at radius 1 is 1.38 bits per heavy atom. The SMILES string of the molecule is CNC1(C(F)F)CCC(C)CC1C. The Balaban J connectivity index is 2.75. The summed E-state index contributed by atoms with van der Waals surface area (Å²) < 4.78 is 25.8. The summed E-state index contributed by atoms with van der Waals surface area (Å²) in [5.41, 5.74) is -0.924. The molecule has 3 atom stereocenters. The van der Waals surface area contributed by atoms with Gasteiger partial charge in [0.1, 0.15) is 0 Å². The lowest BCUT2D eigenvalue weighted by Crippen LogP contribution is -2.56. The molecule has 1 aliphatic carbocycles. The van der Waals surface area contributed by atoms with Gasteiger partial charge in [-0.1, -0.05) is 13.8 Å². The van der Waals surface area contributed by atoms with Gasteiger partial charge in [0, 0.05) is 0 Å². The van der Waals surface area contributed by atoms with Gasteiger partial charge in [0.05, 0.1) is 5.54 Å². The molecule has 13 heavy (non-hydrogen) atoms. The van der Waals surface area contributed by atoms with E-state index in [-0.39, 0.29) is 5.92 Å². The molecule has 0 bridgehead atoms. The molecule has 0 aromatic heterocycles. The van der Waals surface area contributed by atoms with E-state index in [4.69, 9.17) is 0 Å². The summed E-state index contributed by atoms with van der Waals surface area (Å²) in [6.07, 6.45) is 0.171. The minimum Gasteiger partial charge on any atom is -0.309 e. The molecule has 0 aromatic rings. The fourth-order valence-electron chi connectivity index (χ4n) is 2.47. The topological polar surface area (TPSA) is 12.0 Å². The molecule has 0 heterocycles. The summed E-state index contributed by atoms with van der Waals surface area (Å²) in [7, 11) is 1.65. The quantitative estimate of drug-likeness (QED) is 0.707. The van der Waals surface area contributed by atoms with Crippen molar-refractivity contribution in [1.82, 2.24) is 5.32 Å². The van der Waals surface area contributed by atoms with Gasteiger partial charge in [-0.05, 0) is 38.1 Å². The van der Waals surface area contributed by atoms with Crippen molar-refractivity contribution in [2.24, 2.45) is 11.8 Å². The third-order valence-electron chi connectivity index (χ3n) is 3.54. The van der Waals surface area contributed by atoms with Gasteiger partial charge in [0.25, 0.3) is 6.43 Å². The van der Waals surface area contributed by atoms with E-state index in [0.717, 1.165) is 12.8 Å². The zero-order valence-corrected chi connectivity index (χ0v) is 8.61. The molecule has 0 saturated heterocycles. The number of nitrogens with one attached hydrogen (secondary N) is 1. The zero-order valence-electron chi connectivity index (χ0n) is 8.61. The summed E-state index contributed by atoms with van der Waals surface area (Å²) in [4.78, 5) is 0. The van der Waals surface area contributed by atoms with Crippen molar-refractivity contribution in [3.63, 3.8) is 0 Å². The van der Waals surface area contributed by atoms with Gasteiger partial charge in [-0.2, -0.15) is 0 Å². The van der Waals surface area contributed by atoms with Crippen molar-refractivity contribution in [1.29, 1.82) is 0 Å². The first-order chi connectivity index (χ1) is 6.03. The molecule has 0 aliphatic heterocycles. The minimum absolute atomic E-state index is 0.0706. The van der Waals surface area contributed by atoms with Crippen molar-refractivity contribution in [3.8, 4) is 0 Å². The average molecular weight is 191 g/mol. The lowest BCUT2D eigenvalue weighted by molar-refractivity contribution is -0.0290. The molecule has 1 saturated carbocycles. The fraction of sp³-hybridized carbons (Fsp3) is 1.00. The van der Waals surface area contributed by atoms with Crippen LogP contribution in [-0.2, 0) is 0 Å². The van der Waals surface area contributed by atoms with Crippen LogP contribution in [0.5, 0.6) is 0 Å². The van der Waals surface area contributed by atoms with Gasteiger partial charge in [-0.3, -0.25) is 0 Å². The monoisotopic (exact) mass is 191 g/mol. The maximum absolute atomic E-state index is 12.9.